The molecule has 0 aromatic heterocycles. The zero-order valence-corrected chi connectivity index (χ0v) is 19.4. The van der Waals surface area contributed by atoms with Gasteiger partial charge in [-0.3, -0.25) is 14.5 Å². The summed E-state index contributed by atoms with van der Waals surface area (Å²) >= 11 is 0. The Morgan fingerprint density at radius 3 is 2.55 bits per heavy atom. The lowest BCUT2D eigenvalue weighted by atomic mass is 10.0. The molecular formula is C26H33N3O4. The fraction of sp³-hybridized carbons (Fsp3) is 0.462. The summed E-state index contributed by atoms with van der Waals surface area (Å²) in [7, 11) is 3.28. The van der Waals surface area contributed by atoms with E-state index in [4.69, 9.17) is 9.47 Å². The molecule has 1 saturated carbocycles. The smallest absolute Gasteiger partial charge is 0.253 e. The predicted molar refractivity (Wildman–Crippen MR) is 128 cm³/mol. The van der Waals surface area contributed by atoms with Gasteiger partial charge in [0.2, 0.25) is 5.91 Å². The SMILES string of the molecule is COc1ccc([C@H]2CCCN2CC(=O)Nc2ccccc2C(=O)NC2CCCC2)c(OC)c1. The number of benzene rings is 2. The number of ether oxygens (including phenoxy) is 2. The Hall–Kier alpha value is -3.06. The van der Waals surface area contributed by atoms with Crippen LogP contribution in [-0.2, 0) is 4.79 Å². The van der Waals surface area contributed by atoms with Gasteiger partial charge in [-0.25, -0.2) is 0 Å². The van der Waals surface area contributed by atoms with E-state index in [0.29, 0.717) is 11.3 Å². The fourth-order valence-corrected chi connectivity index (χ4v) is 4.96. The van der Waals surface area contributed by atoms with E-state index in [1.54, 1.807) is 26.4 Å². The van der Waals surface area contributed by atoms with Crippen LogP contribution in [0.4, 0.5) is 5.69 Å². The second-order valence-electron chi connectivity index (χ2n) is 8.78. The van der Waals surface area contributed by atoms with Crippen molar-refractivity contribution in [2.45, 2.75) is 50.6 Å². The van der Waals surface area contributed by atoms with Gasteiger partial charge in [-0.05, 0) is 50.4 Å². The third-order valence-corrected chi connectivity index (χ3v) is 6.65. The number of rotatable bonds is 8. The maximum atomic E-state index is 13.0. The van der Waals surface area contributed by atoms with Gasteiger partial charge in [0.05, 0.1) is 32.0 Å². The molecule has 2 amide bonds. The van der Waals surface area contributed by atoms with Gasteiger partial charge >= 0.3 is 0 Å². The third kappa shape index (κ3) is 5.47. The monoisotopic (exact) mass is 451 g/mol. The van der Waals surface area contributed by atoms with Crippen LogP contribution in [0.1, 0.15) is 60.5 Å². The molecule has 1 aliphatic heterocycles. The fourth-order valence-electron chi connectivity index (χ4n) is 4.96. The summed E-state index contributed by atoms with van der Waals surface area (Å²) < 4.78 is 10.9. The Balaban J connectivity index is 1.43. The number of methoxy groups -OCH3 is 2. The minimum Gasteiger partial charge on any atom is -0.497 e. The van der Waals surface area contributed by atoms with E-state index in [9.17, 15) is 9.59 Å². The molecule has 1 heterocycles. The van der Waals surface area contributed by atoms with Crippen molar-refractivity contribution >= 4 is 17.5 Å². The molecule has 0 bridgehead atoms. The number of hydrogen-bond donors (Lipinski definition) is 2. The second-order valence-corrected chi connectivity index (χ2v) is 8.78. The summed E-state index contributed by atoms with van der Waals surface area (Å²) in [5, 5.41) is 6.08. The van der Waals surface area contributed by atoms with E-state index in [-0.39, 0.29) is 30.4 Å². The molecule has 2 aromatic carbocycles. The molecule has 1 aliphatic carbocycles. The number of anilines is 1. The molecule has 7 nitrogen and oxygen atoms in total. The van der Waals surface area contributed by atoms with Crippen LogP contribution in [-0.4, -0.2) is 50.1 Å². The van der Waals surface area contributed by atoms with Crippen molar-refractivity contribution in [1.29, 1.82) is 0 Å². The highest BCUT2D eigenvalue weighted by molar-refractivity contribution is 6.04. The van der Waals surface area contributed by atoms with Crippen molar-refractivity contribution in [2.75, 3.05) is 32.6 Å². The maximum absolute atomic E-state index is 13.0. The lowest BCUT2D eigenvalue weighted by molar-refractivity contribution is -0.117. The molecule has 7 heteroatoms. The second kappa shape index (κ2) is 10.7. The first-order chi connectivity index (χ1) is 16.1. The first kappa shape index (κ1) is 23.1. The van der Waals surface area contributed by atoms with Crippen LogP contribution in [0.25, 0.3) is 0 Å². The van der Waals surface area contributed by atoms with E-state index in [1.165, 1.54) is 0 Å². The van der Waals surface area contributed by atoms with Gasteiger partial charge in [-0.2, -0.15) is 0 Å². The molecule has 0 spiro atoms. The Labute approximate surface area is 195 Å². The topological polar surface area (TPSA) is 79.9 Å². The van der Waals surface area contributed by atoms with Gasteiger partial charge in [0.1, 0.15) is 11.5 Å². The molecule has 4 rings (SSSR count). The van der Waals surface area contributed by atoms with Crippen molar-refractivity contribution in [3.05, 3.63) is 53.6 Å². The molecule has 176 valence electrons. The van der Waals surface area contributed by atoms with E-state index in [0.717, 1.165) is 62.1 Å². The van der Waals surface area contributed by atoms with Gasteiger partial charge in [0, 0.05) is 23.7 Å². The van der Waals surface area contributed by atoms with Gasteiger partial charge in [0.15, 0.2) is 0 Å². The first-order valence-corrected chi connectivity index (χ1v) is 11.7. The van der Waals surface area contributed by atoms with Crippen LogP contribution in [0.3, 0.4) is 0 Å². The maximum Gasteiger partial charge on any atom is 0.253 e. The van der Waals surface area contributed by atoms with Gasteiger partial charge in [0.25, 0.3) is 5.91 Å². The lowest BCUT2D eigenvalue weighted by Gasteiger charge is -2.26. The normalized spacial score (nSPS) is 18.8. The van der Waals surface area contributed by atoms with Crippen LogP contribution >= 0.6 is 0 Å². The average molecular weight is 452 g/mol. The van der Waals surface area contributed by atoms with E-state index >= 15 is 0 Å². The highest BCUT2D eigenvalue weighted by Gasteiger charge is 2.30. The average Bonchev–Trinajstić information content (AvgIpc) is 3.51. The summed E-state index contributed by atoms with van der Waals surface area (Å²) in [5.74, 6) is 1.25. The summed E-state index contributed by atoms with van der Waals surface area (Å²) in [4.78, 5) is 28.0. The third-order valence-electron chi connectivity index (χ3n) is 6.65. The number of likely N-dealkylation sites (tertiary alicyclic amines) is 1. The molecule has 1 saturated heterocycles. The molecule has 2 aliphatic rings. The van der Waals surface area contributed by atoms with E-state index in [2.05, 4.69) is 15.5 Å². The first-order valence-electron chi connectivity index (χ1n) is 11.7. The van der Waals surface area contributed by atoms with Crippen LogP contribution in [0, 0.1) is 0 Å². The van der Waals surface area contributed by atoms with Crippen molar-refractivity contribution in [1.82, 2.24) is 10.2 Å². The van der Waals surface area contributed by atoms with Crippen molar-refractivity contribution < 1.29 is 19.1 Å². The lowest BCUT2D eigenvalue weighted by Crippen LogP contribution is -2.35. The molecule has 33 heavy (non-hydrogen) atoms. The summed E-state index contributed by atoms with van der Waals surface area (Å²) in [6.45, 7) is 1.08. The summed E-state index contributed by atoms with van der Waals surface area (Å²) in [6, 6.07) is 13.4. The Kier molecular flexibility index (Phi) is 7.50. The molecule has 0 unspecified atom stereocenters. The van der Waals surface area contributed by atoms with Crippen LogP contribution in [0.15, 0.2) is 42.5 Å². The van der Waals surface area contributed by atoms with E-state index < -0.39 is 0 Å². The highest BCUT2D eigenvalue weighted by atomic mass is 16.5. The number of para-hydroxylation sites is 1. The largest absolute Gasteiger partial charge is 0.497 e. The number of carbonyl (C=O) groups excluding carboxylic acids is 2. The highest BCUT2D eigenvalue weighted by Crippen LogP contribution is 2.38. The minimum absolute atomic E-state index is 0.0949. The molecule has 2 aromatic rings. The number of nitrogens with zero attached hydrogens (tertiary/aromatic N) is 1. The van der Waals surface area contributed by atoms with Crippen LogP contribution in [0.5, 0.6) is 11.5 Å². The predicted octanol–water partition coefficient (Wildman–Crippen LogP) is 4.15. The Morgan fingerprint density at radius 1 is 1.00 bits per heavy atom. The van der Waals surface area contributed by atoms with Crippen LogP contribution in [0.2, 0.25) is 0 Å². The molecular weight excluding hydrogens is 418 g/mol. The number of hydrogen-bond acceptors (Lipinski definition) is 5. The summed E-state index contributed by atoms with van der Waals surface area (Å²) in [5.41, 5.74) is 2.11. The Bertz CT molecular complexity index is 987. The molecule has 0 radical (unpaired) electrons. The minimum atomic E-state index is -0.129. The molecule has 2 fully saturated rings. The molecule has 2 N–H and O–H groups in total. The van der Waals surface area contributed by atoms with Gasteiger partial charge < -0.3 is 20.1 Å². The quantitative estimate of drug-likeness (QED) is 0.630. The Morgan fingerprint density at radius 2 is 1.79 bits per heavy atom. The van der Waals surface area contributed by atoms with Crippen molar-refractivity contribution in [3.63, 3.8) is 0 Å². The van der Waals surface area contributed by atoms with Gasteiger partial charge in [-0.15, -0.1) is 0 Å². The van der Waals surface area contributed by atoms with Crippen LogP contribution < -0.4 is 20.1 Å². The summed E-state index contributed by atoms with van der Waals surface area (Å²) in [6.07, 6.45) is 6.30. The zero-order valence-electron chi connectivity index (χ0n) is 19.4. The number of carbonyl (C=O) groups is 2. The van der Waals surface area contributed by atoms with Crippen molar-refractivity contribution in [2.24, 2.45) is 0 Å². The standard InChI is InChI=1S/C26H33N3O4/c1-32-19-13-14-21(24(16-19)33-2)23-12-7-15-29(23)17-25(30)28-22-11-6-5-10-20(22)26(31)27-18-8-3-4-9-18/h5-6,10-11,13-14,16,18,23H,3-4,7-9,12,15,17H2,1-2H3,(H,27,31)(H,28,30)/t23-/m1/s1. The van der Waals surface area contributed by atoms with E-state index in [1.807, 2.05) is 30.3 Å². The number of nitrogens with one attached hydrogen (secondary N) is 2. The van der Waals surface area contributed by atoms with Gasteiger partial charge in [-0.1, -0.05) is 31.0 Å². The zero-order chi connectivity index (χ0) is 23.2. The van der Waals surface area contributed by atoms with Crippen molar-refractivity contribution in [3.8, 4) is 11.5 Å². The number of amides is 2. The molecule has 1 atom stereocenters.